The van der Waals surface area contributed by atoms with Crippen molar-refractivity contribution in [2.75, 3.05) is 12.0 Å². The number of amides is 1. The summed E-state index contributed by atoms with van der Waals surface area (Å²) in [5, 5.41) is 0. The summed E-state index contributed by atoms with van der Waals surface area (Å²) < 4.78 is 10.8. The van der Waals surface area contributed by atoms with E-state index in [0.717, 1.165) is 30.5 Å². The second-order valence-corrected chi connectivity index (χ2v) is 5.57. The molecule has 120 valence electrons. The first kappa shape index (κ1) is 15.3. The Balaban J connectivity index is 1.99. The number of allylic oxidation sites excluding steroid dienone is 1. The van der Waals surface area contributed by atoms with Crippen molar-refractivity contribution in [1.29, 1.82) is 0 Å². The number of anilines is 1. The quantitative estimate of drug-likeness (QED) is 0.806. The van der Waals surface area contributed by atoms with E-state index in [0.29, 0.717) is 11.5 Å². The lowest BCUT2D eigenvalue weighted by atomic mass is 10.00. The van der Waals surface area contributed by atoms with Crippen molar-refractivity contribution in [1.82, 2.24) is 4.98 Å². The Morgan fingerprint density at radius 3 is 2.91 bits per heavy atom. The number of carbonyl (C=O) groups is 1. The van der Waals surface area contributed by atoms with E-state index in [1.54, 1.807) is 20.2 Å². The number of aromatic nitrogens is 1. The van der Waals surface area contributed by atoms with E-state index in [-0.39, 0.29) is 11.9 Å². The van der Waals surface area contributed by atoms with Gasteiger partial charge in [0.05, 0.1) is 24.9 Å². The maximum atomic E-state index is 12.2. The van der Waals surface area contributed by atoms with Crippen LogP contribution in [0.4, 0.5) is 5.69 Å². The Kier molecular flexibility index (Phi) is 4.46. The zero-order valence-electron chi connectivity index (χ0n) is 13.4. The molecule has 5 nitrogen and oxygen atoms in total. The van der Waals surface area contributed by atoms with Crippen LogP contribution >= 0.6 is 0 Å². The summed E-state index contributed by atoms with van der Waals surface area (Å²) in [6.07, 6.45) is 10.4. The van der Waals surface area contributed by atoms with Crippen molar-refractivity contribution < 1.29 is 13.9 Å². The molecule has 1 unspecified atom stereocenters. The zero-order valence-corrected chi connectivity index (χ0v) is 13.4. The fourth-order valence-corrected chi connectivity index (χ4v) is 3.00. The minimum Gasteiger partial charge on any atom is -0.496 e. The standard InChI is InChI=1S/C18H20N2O3/c1-13(21)20(14-6-4-3-5-7-14)15-8-9-16(17(10-15)22-2)18-11-19-12-23-18/h4,6,8-12,14H,3,5,7H2,1-2H3. The van der Waals surface area contributed by atoms with Crippen LogP contribution in [0.5, 0.6) is 5.75 Å². The van der Waals surface area contributed by atoms with Gasteiger partial charge in [-0.2, -0.15) is 0 Å². The number of ether oxygens (including phenoxy) is 1. The van der Waals surface area contributed by atoms with Crippen molar-refractivity contribution in [2.24, 2.45) is 0 Å². The number of benzene rings is 1. The molecule has 0 saturated carbocycles. The van der Waals surface area contributed by atoms with Crippen LogP contribution in [0.1, 0.15) is 26.2 Å². The highest BCUT2D eigenvalue weighted by molar-refractivity contribution is 5.93. The van der Waals surface area contributed by atoms with Gasteiger partial charge in [-0.05, 0) is 31.4 Å². The molecule has 1 heterocycles. The van der Waals surface area contributed by atoms with Crippen molar-refractivity contribution in [2.45, 2.75) is 32.2 Å². The van der Waals surface area contributed by atoms with Gasteiger partial charge in [0.2, 0.25) is 5.91 Å². The predicted molar refractivity (Wildman–Crippen MR) is 88.4 cm³/mol. The Morgan fingerprint density at radius 1 is 1.43 bits per heavy atom. The average Bonchev–Trinajstić information content (AvgIpc) is 3.10. The number of rotatable bonds is 4. The molecule has 1 atom stereocenters. The van der Waals surface area contributed by atoms with Gasteiger partial charge >= 0.3 is 0 Å². The van der Waals surface area contributed by atoms with Crippen LogP contribution in [0, 0.1) is 0 Å². The fourth-order valence-electron chi connectivity index (χ4n) is 3.00. The van der Waals surface area contributed by atoms with Gasteiger partial charge < -0.3 is 14.1 Å². The molecule has 2 aromatic rings. The summed E-state index contributed by atoms with van der Waals surface area (Å²) in [6, 6.07) is 5.80. The Labute approximate surface area is 135 Å². The third-order valence-electron chi connectivity index (χ3n) is 4.06. The van der Waals surface area contributed by atoms with Crippen LogP contribution in [0.25, 0.3) is 11.3 Å². The number of hydrogen-bond donors (Lipinski definition) is 0. The lowest BCUT2D eigenvalue weighted by molar-refractivity contribution is -0.116. The van der Waals surface area contributed by atoms with Crippen LogP contribution in [-0.2, 0) is 4.79 Å². The predicted octanol–water partition coefficient (Wildman–Crippen LogP) is 3.81. The molecule has 1 aliphatic carbocycles. The van der Waals surface area contributed by atoms with Crippen molar-refractivity contribution in [3.63, 3.8) is 0 Å². The van der Waals surface area contributed by atoms with Gasteiger partial charge in [0.15, 0.2) is 12.2 Å². The lowest BCUT2D eigenvalue weighted by Gasteiger charge is -2.31. The number of methoxy groups -OCH3 is 1. The van der Waals surface area contributed by atoms with E-state index in [4.69, 9.17) is 9.15 Å². The zero-order chi connectivity index (χ0) is 16.2. The maximum Gasteiger partial charge on any atom is 0.224 e. The largest absolute Gasteiger partial charge is 0.496 e. The lowest BCUT2D eigenvalue weighted by Crippen LogP contribution is -2.38. The highest BCUT2D eigenvalue weighted by atomic mass is 16.5. The van der Waals surface area contributed by atoms with E-state index in [1.165, 1.54) is 6.39 Å². The molecule has 23 heavy (non-hydrogen) atoms. The van der Waals surface area contributed by atoms with Crippen LogP contribution in [-0.4, -0.2) is 24.0 Å². The van der Waals surface area contributed by atoms with Gasteiger partial charge in [-0.15, -0.1) is 0 Å². The Hall–Kier alpha value is -2.56. The van der Waals surface area contributed by atoms with Crippen molar-refractivity contribution in [3.8, 4) is 17.1 Å². The second kappa shape index (κ2) is 6.69. The molecule has 0 spiro atoms. The normalized spacial score (nSPS) is 17.0. The number of nitrogens with zero attached hydrogens (tertiary/aromatic N) is 2. The second-order valence-electron chi connectivity index (χ2n) is 5.57. The van der Waals surface area contributed by atoms with Gasteiger partial charge in [0.25, 0.3) is 0 Å². The molecule has 3 rings (SSSR count). The molecular weight excluding hydrogens is 292 g/mol. The Bertz CT molecular complexity index is 707. The minimum atomic E-state index is 0.0241. The van der Waals surface area contributed by atoms with E-state index in [9.17, 15) is 4.79 Å². The molecule has 0 radical (unpaired) electrons. The summed E-state index contributed by atoms with van der Waals surface area (Å²) >= 11 is 0. The number of carbonyl (C=O) groups excluding carboxylic acids is 1. The highest BCUT2D eigenvalue weighted by Crippen LogP contribution is 2.35. The van der Waals surface area contributed by atoms with Gasteiger partial charge in [-0.3, -0.25) is 4.79 Å². The van der Waals surface area contributed by atoms with Crippen LogP contribution < -0.4 is 9.64 Å². The summed E-state index contributed by atoms with van der Waals surface area (Å²) in [7, 11) is 1.61. The topological polar surface area (TPSA) is 55.6 Å². The SMILES string of the molecule is COc1cc(N(C(C)=O)C2C=CCCC2)ccc1-c1cnco1. The summed E-state index contributed by atoms with van der Waals surface area (Å²) in [5.74, 6) is 1.32. The van der Waals surface area contributed by atoms with Crippen LogP contribution in [0.2, 0.25) is 0 Å². The van der Waals surface area contributed by atoms with Gasteiger partial charge in [0.1, 0.15) is 5.75 Å². The third-order valence-corrected chi connectivity index (χ3v) is 4.06. The van der Waals surface area contributed by atoms with Gasteiger partial charge in [0, 0.05) is 18.7 Å². The summed E-state index contributed by atoms with van der Waals surface area (Å²) in [5.41, 5.74) is 1.64. The molecular formula is C18H20N2O3. The van der Waals surface area contributed by atoms with E-state index in [2.05, 4.69) is 17.1 Å². The first-order valence-corrected chi connectivity index (χ1v) is 7.74. The molecule has 1 aliphatic rings. The molecule has 0 N–H and O–H groups in total. The minimum absolute atomic E-state index is 0.0241. The first-order chi connectivity index (χ1) is 11.2. The monoisotopic (exact) mass is 312 g/mol. The fraction of sp³-hybridized carbons (Fsp3) is 0.333. The maximum absolute atomic E-state index is 12.2. The molecule has 5 heteroatoms. The van der Waals surface area contributed by atoms with Crippen LogP contribution in [0.15, 0.2) is 47.4 Å². The van der Waals surface area contributed by atoms with Crippen molar-refractivity contribution >= 4 is 11.6 Å². The highest BCUT2D eigenvalue weighted by Gasteiger charge is 2.23. The van der Waals surface area contributed by atoms with E-state index >= 15 is 0 Å². The average molecular weight is 312 g/mol. The van der Waals surface area contributed by atoms with Crippen molar-refractivity contribution in [3.05, 3.63) is 42.9 Å². The molecule has 1 amide bonds. The van der Waals surface area contributed by atoms with E-state index < -0.39 is 0 Å². The molecule has 0 bridgehead atoms. The molecule has 0 fully saturated rings. The smallest absolute Gasteiger partial charge is 0.224 e. The molecule has 1 aromatic carbocycles. The summed E-state index contributed by atoms with van der Waals surface area (Å²) in [6.45, 7) is 1.60. The van der Waals surface area contributed by atoms with Gasteiger partial charge in [-0.25, -0.2) is 4.98 Å². The first-order valence-electron chi connectivity index (χ1n) is 7.74. The van der Waals surface area contributed by atoms with E-state index in [1.807, 2.05) is 23.1 Å². The number of hydrogen-bond acceptors (Lipinski definition) is 4. The Morgan fingerprint density at radius 2 is 2.30 bits per heavy atom. The van der Waals surface area contributed by atoms with Gasteiger partial charge in [-0.1, -0.05) is 12.2 Å². The molecule has 1 aromatic heterocycles. The summed E-state index contributed by atoms with van der Waals surface area (Å²) in [4.78, 5) is 17.9. The molecule has 0 saturated heterocycles. The number of oxazole rings is 1. The third kappa shape index (κ3) is 3.13. The van der Waals surface area contributed by atoms with Crippen LogP contribution in [0.3, 0.4) is 0 Å². The molecule has 0 aliphatic heterocycles.